The second kappa shape index (κ2) is 6.38. The molecule has 0 saturated heterocycles. The van der Waals surface area contributed by atoms with Gasteiger partial charge in [-0.1, -0.05) is 30.7 Å². The van der Waals surface area contributed by atoms with Gasteiger partial charge in [0.15, 0.2) is 5.82 Å². The van der Waals surface area contributed by atoms with Crippen molar-refractivity contribution >= 4 is 11.6 Å². The molecule has 4 nitrogen and oxygen atoms in total. The quantitative estimate of drug-likeness (QED) is 0.787. The largest absolute Gasteiger partial charge is 0.486 e. The van der Waals surface area contributed by atoms with Gasteiger partial charge in [0.05, 0.1) is 7.11 Å². The Bertz CT molecular complexity index is 544. The number of ether oxygens (including phenoxy) is 2. The molecule has 0 fully saturated rings. The minimum Gasteiger partial charge on any atom is -0.486 e. The highest BCUT2D eigenvalue weighted by molar-refractivity contribution is 6.29. The van der Waals surface area contributed by atoms with Crippen LogP contribution in [0.3, 0.4) is 0 Å². The van der Waals surface area contributed by atoms with E-state index in [1.165, 1.54) is 12.7 Å². The van der Waals surface area contributed by atoms with Gasteiger partial charge in [0.1, 0.15) is 17.5 Å². The summed E-state index contributed by atoms with van der Waals surface area (Å²) in [5.74, 6) is 1.70. The lowest BCUT2D eigenvalue weighted by Crippen LogP contribution is -2.03. The van der Waals surface area contributed by atoms with Gasteiger partial charge in [0.2, 0.25) is 5.88 Å². The van der Waals surface area contributed by atoms with Crippen molar-refractivity contribution in [1.82, 2.24) is 9.97 Å². The van der Waals surface area contributed by atoms with Crippen molar-refractivity contribution in [1.29, 1.82) is 0 Å². The Labute approximate surface area is 117 Å². The van der Waals surface area contributed by atoms with Crippen LogP contribution in [-0.2, 0) is 13.0 Å². The van der Waals surface area contributed by atoms with Gasteiger partial charge >= 0.3 is 0 Å². The first-order valence-electron chi connectivity index (χ1n) is 6.00. The summed E-state index contributed by atoms with van der Waals surface area (Å²) in [6.07, 6.45) is 1.01. The summed E-state index contributed by atoms with van der Waals surface area (Å²) in [4.78, 5) is 8.24. The number of halogens is 1. The molecular formula is C14H15ClN2O2. The molecule has 2 rings (SSSR count). The first kappa shape index (κ1) is 13.6. The molecular weight excluding hydrogens is 264 g/mol. The zero-order valence-corrected chi connectivity index (χ0v) is 11.6. The number of hydrogen-bond donors (Lipinski definition) is 0. The number of benzene rings is 1. The van der Waals surface area contributed by atoms with E-state index in [1.54, 1.807) is 6.07 Å². The maximum atomic E-state index is 5.86. The van der Waals surface area contributed by atoms with Gasteiger partial charge in [0.25, 0.3) is 0 Å². The summed E-state index contributed by atoms with van der Waals surface area (Å²) in [6.45, 7) is 2.37. The molecule has 100 valence electrons. The van der Waals surface area contributed by atoms with E-state index >= 15 is 0 Å². The van der Waals surface area contributed by atoms with Crippen molar-refractivity contribution in [3.63, 3.8) is 0 Å². The normalized spacial score (nSPS) is 10.3. The Balaban J connectivity index is 2.03. The zero-order chi connectivity index (χ0) is 13.7. The molecule has 1 aromatic heterocycles. The fourth-order valence-corrected chi connectivity index (χ4v) is 1.77. The molecule has 0 saturated carbocycles. The molecule has 0 spiro atoms. The molecule has 0 aliphatic carbocycles. The molecule has 0 radical (unpaired) electrons. The fourth-order valence-electron chi connectivity index (χ4n) is 1.58. The number of rotatable bonds is 5. The van der Waals surface area contributed by atoms with Gasteiger partial charge in [-0.05, 0) is 24.1 Å². The molecule has 1 aromatic carbocycles. The molecule has 0 unspecified atom stereocenters. The van der Waals surface area contributed by atoms with E-state index in [2.05, 4.69) is 16.9 Å². The lowest BCUT2D eigenvalue weighted by atomic mass is 10.2. The predicted molar refractivity (Wildman–Crippen MR) is 73.7 cm³/mol. The monoisotopic (exact) mass is 278 g/mol. The van der Waals surface area contributed by atoms with Crippen LogP contribution in [0.1, 0.15) is 18.3 Å². The summed E-state index contributed by atoms with van der Waals surface area (Å²) in [5, 5.41) is 0.340. The average Bonchev–Trinajstić information content (AvgIpc) is 2.45. The van der Waals surface area contributed by atoms with Crippen molar-refractivity contribution in [3.05, 3.63) is 46.9 Å². The van der Waals surface area contributed by atoms with E-state index in [0.29, 0.717) is 16.9 Å². The van der Waals surface area contributed by atoms with Gasteiger partial charge in [-0.2, -0.15) is 4.98 Å². The molecule has 2 aromatic rings. The molecule has 1 heterocycles. The van der Waals surface area contributed by atoms with E-state index in [1.807, 2.05) is 24.3 Å². The van der Waals surface area contributed by atoms with E-state index in [9.17, 15) is 0 Å². The Morgan fingerprint density at radius 2 is 1.89 bits per heavy atom. The average molecular weight is 279 g/mol. The molecule has 0 amide bonds. The van der Waals surface area contributed by atoms with Crippen LogP contribution in [0.4, 0.5) is 0 Å². The maximum absolute atomic E-state index is 5.86. The van der Waals surface area contributed by atoms with E-state index < -0.39 is 0 Å². The van der Waals surface area contributed by atoms with Crippen LogP contribution in [0, 0.1) is 0 Å². The third-order valence-corrected chi connectivity index (χ3v) is 2.82. The smallest absolute Gasteiger partial charge is 0.217 e. The topological polar surface area (TPSA) is 44.2 Å². The predicted octanol–water partition coefficient (Wildman–Crippen LogP) is 3.28. The van der Waals surface area contributed by atoms with Crippen LogP contribution in [0.25, 0.3) is 0 Å². The van der Waals surface area contributed by atoms with E-state index in [4.69, 9.17) is 21.1 Å². The number of nitrogens with zero attached hydrogens (tertiary/aromatic N) is 2. The number of aryl methyl sites for hydroxylation is 1. The summed E-state index contributed by atoms with van der Waals surface area (Å²) in [6, 6.07) is 9.49. The van der Waals surface area contributed by atoms with Crippen molar-refractivity contribution in [2.24, 2.45) is 0 Å². The summed E-state index contributed by atoms with van der Waals surface area (Å²) >= 11 is 5.86. The van der Waals surface area contributed by atoms with Crippen molar-refractivity contribution in [2.45, 2.75) is 20.0 Å². The van der Waals surface area contributed by atoms with Gasteiger partial charge in [0, 0.05) is 6.07 Å². The third kappa shape index (κ3) is 3.83. The Hall–Kier alpha value is -1.81. The van der Waals surface area contributed by atoms with Crippen LogP contribution >= 0.6 is 11.6 Å². The molecule has 19 heavy (non-hydrogen) atoms. The van der Waals surface area contributed by atoms with Gasteiger partial charge < -0.3 is 9.47 Å². The highest BCUT2D eigenvalue weighted by Gasteiger charge is 2.04. The van der Waals surface area contributed by atoms with Crippen LogP contribution in [0.5, 0.6) is 11.6 Å². The molecule has 0 bridgehead atoms. The van der Waals surface area contributed by atoms with Crippen molar-refractivity contribution in [2.75, 3.05) is 7.11 Å². The molecule has 0 aliphatic rings. The van der Waals surface area contributed by atoms with Crippen LogP contribution < -0.4 is 9.47 Å². The zero-order valence-electron chi connectivity index (χ0n) is 10.9. The minimum atomic E-state index is 0.252. The number of aromatic nitrogens is 2. The molecule has 0 N–H and O–H groups in total. The maximum Gasteiger partial charge on any atom is 0.217 e. The molecule has 5 heteroatoms. The third-order valence-electron chi connectivity index (χ3n) is 2.63. The highest BCUT2D eigenvalue weighted by atomic mass is 35.5. The minimum absolute atomic E-state index is 0.252. The SMILES string of the molecule is CCc1ccc(OCc2nc(Cl)cc(OC)n2)cc1. The second-order valence-corrected chi connectivity index (χ2v) is 4.32. The Morgan fingerprint density at radius 3 is 2.53 bits per heavy atom. The second-order valence-electron chi connectivity index (χ2n) is 3.94. The molecule has 0 aliphatic heterocycles. The lowest BCUT2D eigenvalue weighted by molar-refractivity contribution is 0.292. The fraction of sp³-hybridized carbons (Fsp3) is 0.286. The van der Waals surface area contributed by atoms with Crippen LogP contribution in [-0.4, -0.2) is 17.1 Å². The first-order chi connectivity index (χ1) is 9.21. The van der Waals surface area contributed by atoms with Crippen molar-refractivity contribution in [3.8, 4) is 11.6 Å². The van der Waals surface area contributed by atoms with Crippen LogP contribution in [0.2, 0.25) is 5.15 Å². The first-order valence-corrected chi connectivity index (χ1v) is 6.38. The van der Waals surface area contributed by atoms with Gasteiger partial charge in [-0.25, -0.2) is 4.98 Å². The lowest BCUT2D eigenvalue weighted by Gasteiger charge is -2.07. The standard InChI is InChI=1S/C14H15ClN2O2/c1-3-10-4-6-11(7-5-10)19-9-13-16-12(15)8-14(17-13)18-2/h4-8H,3,9H2,1-2H3. The Morgan fingerprint density at radius 1 is 1.16 bits per heavy atom. The highest BCUT2D eigenvalue weighted by Crippen LogP contribution is 2.16. The van der Waals surface area contributed by atoms with E-state index in [0.717, 1.165) is 12.2 Å². The van der Waals surface area contributed by atoms with Gasteiger partial charge in [-0.3, -0.25) is 0 Å². The van der Waals surface area contributed by atoms with E-state index in [-0.39, 0.29) is 6.61 Å². The van der Waals surface area contributed by atoms with Crippen LogP contribution in [0.15, 0.2) is 30.3 Å². The summed E-state index contributed by atoms with van der Waals surface area (Å²) in [5.41, 5.74) is 1.27. The van der Waals surface area contributed by atoms with Gasteiger partial charge in [-0.15, -0.1) is 0 Å². The molecule has 0 atom stereocenters. The number of hydrogen-bond acceptors (Lipinski definition) is 4. The Kier molecular flexibility index (Phi) is 4.58. The summed E-state index contributed by atoms with van der Waals surface area (Å²) < 4.78 is 10.6. The van der Waals surface area contributed by atoms with Crippen molar-refractivity contribution < 1.29 is 9.47 Å². The summed E-state index contributed by atoms with van der Waals surface area (Å²) in [7, 11) is 1.53. The number of methoxy groups -OCH3 is 1.